The Morgan fingerprint density at radius 2 is 1.79 bits per heavy atom. The molecule has 1 heterocycles. The second-order valence-corrected chi connectivity index (χ2v) is 7.51. The van der Waals surface area contributed by atoms with Gasteiger partial charge in [0.15, 0.2) is 5.78 Å². The van der Waals surface area contributed by atoms with Crippen LogP contribution >= 0.6 is 0 Å². The maximum Gasteiger partial charge on any atom is 0.273 e. The normalized spacial score (nSPS) is 12.5. The van der Waals surface area contributed by atoms with Gasteiger partial charge < -0.3 is 14.8 Å². The first-order valence-electron chi connectivity index (χ1n) is 10.3. The van der Waals surface area contributed by atoms with E-state index >= 15 is 0 Å². The number of pyridine rings is 1. The van der Waals surface area contributed by atoms with E-state index in [0.717, 1.165) is 0 Å². The molecule has 1 aliphatic carbocycles. The maximum atomic E-state index is 12.9. The molecular formula is C25H21N3O5. The number of carbonyl (C=O) groups is 2. The number of amides is 1. The molecule has 0 saturated heterocycles. The predicted molar refractivity (Wildman–Crippen MR) is 122 cm³/mol. The summed E-state index contributed by atoms with van der Waals surface area (Å²) < 4.78 is 11.9. The van der Waals surface area contributed by atoms with Crippen molar-refractivity contribution in [1.29, 1.82) is 5.26 Å². The number of nitrogens with zero attached hydrogens (tertiary/aromatic N) is 2. The molecule has 4 rings (SSSR count). The standard InChI is InChI=1S/C25H21N3O5/c1-32-18-10-11-20(23(13-18)33-2)27-24(30)15-6-8-17(9-7-15)28-21-4-3-5-22(29)19(21)12-16(14-26)25(28)31/h6-13H,3-5H2,1-2H3,(H,27,30). The van der Waals surface area contributed by atoms with Crippen LogP contribution in [0.1, 0.15) is 44.8 Å². The Balaban J connectivity index is 1.67. The van der Waals surface area contributed by atoms with Crippen LogP contribution < -0.4 is 20.3 Å². The molecule has 1 N–H and O–H groups in total. The van der Waals surface area contributed by atoms with Gasteiger partial charge in [-0.2, -0.15) is 5.26 Å². The van der Waals surface area contributed by atoms with Crippen molar-refractivity contribution >= 4 is 17.4 Å². The van der Waals surface area contributed by atoms with Crippen LogP contribution in [0.3, 0.4) is 0 Å². The number of hydrogen-bond donors (Lipinski definition) is 1. The minimum Gasteiger partial charge on any atom is -0.497 e. The average Bonchev–Trinajstić information content (AvgIpc) is 2.84. The van der Waals surface area contributed by atoms with Crippen molar-refractivity contribution in [2.24, 2.45) is 0 Å². The number of fused-ring (bicyclic) bond motifs is 1. The molecule has 0 radical (unpaired) electrons. The summed E-state index contributed by atoms with van der Waals surface area (Å²) in [6.45, 7) is 0. The van der Waals surface area contributed by atoms with Gasteiger partial charge >= 0.3 is 0 Å². The van der Waals surface area contributed by atoms with Crippen molar-refractivity contribution in [2.45, 2.75) is 19.3 Å². The topological polar surface area (TPSA) is 110 Å². The van der Waals surface area contributed by atoms with E-state index in [2.05, 4.69) is 5.32 Å². The largest absolute Gasteiger partial charge is 0.497 e. The molecule has 166 valence electrons. The maximum absolute atomic E-state index is 12.9. The first-order valence-corrected chi connectivity index (χ1v) is 10.3. The Morgan fingerprint density at radius 3 is 2.45 bits per heavy atom. The van der Waals surface area contributed by atoms with Crippen molar-refractivity contribution in [1.82, 2.24) is 4.57 Å². The lowest BCUT2D eigenvalue weighted by Gasteiger charge is -2.20. The molecule has 1 aromatic heterocycles. The van der Waals surface area contributed by atoms with E-state index in [0.29, 0.717) is 59.0 Å². The van der Waals surface area contributed by atoms with Crippen LogP contribution in [-0.4, -0.2) is 30.5 Å². The lowest BCUT2D eigenvalue weighted by atomic mass is 9.93. The summed E-state index contributed by atoms with van der Waals surface area (Å²) >= 11 is 0. The minimum absolute atomic E-state index is 0.0778. The quantitative estimate of drug-likeness (QED) is 0.646. The number of carbonyl (C=O) groups excluding carboxylic acids is 2. The third-order valence-corrected chi connectivity index (χ3v) is 5.59. The fourth-order valence-corrected chi connectivity index (χ4v) is 3.90. The number of benzene rings is 2. The molecule has 0 aliphatic heterocycles. The Labute approximate surface area is 190 Å². The van der Waals surface area contributed by atoms with Crippen LogP contribution in [0.5, 0.6) is 11.5 Å². The van der Waals surface area contributed by atoms with Gasteiger partial charge in [-0.1, -0.05) is 0 Å². The number of rotatable bonds is 5. The molecule has 1 amide bonds. The monoisotopic (exact) mass is 443 g/mol. The lowest BCUT2D eigenvalue weighted by Crippen LogP contribution is -2.29. The molecule has 0 saturated carbocycles. The van der Waals surface area contributed by atoms with Crippen LogP contribution in [0.2, 0.25) is 0 Å². The van der Waals surface area contributed by atoms with Crippen LogP contribution in [-0.2, 0) is 6.42 Å². The van der Waals surface area contributed by atoms with Crippen LogP contribution in [0.4, 0.5) is 5.69 Å². The van der Waals surface area contributed by atoms with Crippen molar-refractivity contribution in [3.63, 3.8) is 0 Å². The number of ether oxygens (including phenoxy) is 2. The Hall–Kier alpha value is -4.38. The Bertz CT molecular complexity index is 1350. The number of nitrogens with one attached hydrogen (secondary N) is 1. The van der Waals surface area contributed by atoms with Gasteiger partial charge in [0.1, 0.15) is 23.1 Å². The number of aromatic nitrogens is 1. The SMILES string of the molecule is COc1ccc(NC(=O)c2ccc(-n3c4c(cc(C#N)c3=O)C(=O)CCC4)cc2)c(OC)c1. The highest BCUT2D eigenvalue weighted by Crippen LogP contribution is 2.29. The summed E-state index contributed by atoms with van der Waals surface area (Å²) in [6, 6.07) is 14.8. The van der Waals surface area contributed by atoms with Gasteiger partial charge in [-0.3, -0.25) is 19.0 Å². The zero-order valence-corrected chi connectivity index (χ0v) is 18.2. The van der Waals surface area contributed by atoms with E-state index in [1.54, 1.807) is 49.6 Å². The van der Waals surface area contributed by atoms with Gasteiger partial charge in [0.25, 0.3) is 11.5 Å². The Kier molecular flexibility index (Phi) is 5.96. The van der Waals surface area contributed by atoms with Crippen LogP contribution in [0.25, 0.3) is 5.69 Å². The molecule has 0 unspecified atom stereocenters. The fourth-order valence-electron chi connectivity index (χ4n) is 3.90. The lowest BCUT2D eigenvalue weighted by molar-refractivity contribution is 0.0969. The van der Waals surface area contributed by atoms with Gasteiger partial charge in [-0.15, -0.1) is 0 Å². The molecule has 2 aromatic carbocycles. The number of ketones is 1. The molecular weight excluding hydrogens is 422 g/mol. The second-order valence-electron chi connectivity index (χ2n) is 7.51. The van der Waals surface area contributed by atoms with Crippen molar-refractivity contribution in [3.8, 4) is 23.3 Å². The number of hydrogen-bond acceptors (Lipinski definition) is 6. The van der Waals surface area contributed by atoms with Gasteiger partial charge in [-0.05, 0) is 55.3 Å². The molecule has 0 fully saturated rings. The first kappa shape index (κ1) is 21.8. The van der Waals surface area contributed by atoms with Gasteiger partial charge in [0.2, 0.25) is 0 Å². The summed E-state index contributed by atoms with van der Waals surface area (Å²) in [4.78, 5) is 38.0. The number of anilines is 1. The zero-order valence-electron chi connectivity index (χ0n) is 18.2. The molecule has 0 atom stereocenters. The molecule has 8 heteroatoms. The van der Waals surface area contributed by atoms with Crippen molar-refractivity contribution < 1.29 is 19.1 Å². The summed E-state index contributed by atoms with van der Waals surface area (Å²) in [5.41, 5.74) is 1.77. The minimum atomic E-state index is -0.480. The van der Waals surface area contributed by atoms with Crippen molar-refractivity contribution in [3.05, 3.63) is 81.3 Å². The molecule has 0 bridgehead atoms. The third kappa shape index (κ3) is 4.08. The van der Waals surface area contributed by atoms with E-state index < -0.39 is 5.56 Å². The first-order chi connectivity index (χ1) is 16.0. The highest BCUT2D eigenvalue weighted by atomic mass is 16.5. The summed E-state index contributed by atoms with van der Waals surface area (Å²) in [5, 5.41) is 12.2. The van der Waals surface area contributed by atoms with E-state index in [9.17, 15) is 19.6 Å². The summed E-state index contributed by atoms with van der Waals surface area (Å²) in [6.07, 6.45) is 1.59. The fraction of sp³-hybridized carbons (Fsp3) is 0.200. The van der Waals surface area contributed by atoms with E-state index in [1.165, 1.54) is 17.7 Å². The highest BCUT2D eigenvalue weighted by Gasteiger charge is 2.24. The smallest absolute Gasteiger partial charge is 0.273 e. The molecule has 0 spiro atoms. The molecule has 33 heavy (non-hydrogen) atoms. The highest BCUT2D eigenvalue weighted by molar-refractivity contribution is 6.05. The molecule has 1 aliphatic rings. The van der Waals surface area contributed by atoms with E-state index in [1.807, 2.05) is 6.07 Å². The number of Topliss-reactive ketones (excluding diaryl/α,β-unsaturated/α-hetero) is 1. The van der Waals surface area contributed by atoms with Gasteiger partial charge in [-0.25, -0.2) is 0 Å². The molecule has 3 aromatic rings. The van der Waals surface area contributed by atoms with Crippen LogP contribution in [0.15, 0.2) is 53.3 Å². The summed E-state index contributed by atoms with van der Waals surface area (Å²) in [5.74, 6) is 0.614. The number of methoxy groups -OCH3 is 2. The van der Waals surface area contributed by atoms with Crippen molar-refractivity contribution in [2.75, 3.05) is 19.5 Å². The van der Waals surface area contributed by atoms with E-state index in [-0.39, 0.29) is 17.3 Å². The van der Waals surface area contributed by atoms with Gasteiger partial charge in [0.05, 0.1) is 19.9 Å². The zero-order chi connectivity index (χ0) is 23.5. The average molecular weight is 443 g/mol. The predicted octanol–water partition coefficient (Wildman–Crippen LogP) is 3.50. The van der Waals surface area contributed by atoms with Crippen LogP contribution in [0, 0.1) is 11.3 Å². The van der Waals surface area contributed by atoms with E-state index in [4.69, 9.17) is 9.47 Å². The number of nitriles is 1. The Morgan fingerprint density at radius 1 is 1.03 bits per heavy atom. The molecule has 8 nitrogen and oxygen atoms in total. The second kappa shape index (κ2) is 9.01. The summed E-state index contributed by atoms with van der Waals surface area (Å²) in [7, 11) is 3.04. The third-order valence-electron chi connectivity index (χ3n) is 5.59. The van der Waals surface area contributed by atoms with Gasteiger partial charge in [0, 0.05) is 35.0 Å².